The second-order valence-electron chi connectivity index (χ2n) is 4.01. The fourth-order valence-corrected chi connectivity index (χ4v) is 1.59. The predicted octanol–water partition coefficient (Wildman–Crippen LogP) is 1.15. The number of halogens is 1. The van der Waals surface area contributed by atoms with E-state index >= 15 is 0 Å². The topological polar surface area (TPSA) is 60.8 Å². The quantitative estimate of drug-likeness (QED) is 0.784. The lowest BCUT2D eigenvalue weighted by Crippen LogP contribution is -2.30. The van der Waals surface area contributed by atoms with Crippen LogP contribution in [0.1, 0.15) is 15.9 Å². The number of likely N-dealkylation sites (N-methyl/N-ethyl adjacent to an activating group) is 1. The molecule has 94 valence electrons. The van der Waals surface area contributed by atoms with E-state index in [-0.39, 0.29) is 12.1 Å². The molecule has 1 aromatic carbocycles. The van der Waals surface area contributed by atoms with Gasteiger partial charge in [-0.05, 0) is 24.7 Å². The average molecular weight is 241 g/mol. The summed E-state index contributed by atoms with van der Waals surface area (Å²) in [5.74, 6) is -0.974. The zero-order valence-electron chi connectivity index (χ0n) is 9.64. The van der Waals surface area contributed by atoms with Gasteiger partial charge in [-0.3, -0.25) is 4.90 Å². The van der Waals surface area contributed by atoms with Crippen molar-refractivity contribution >= 4 is 5.97 Å². The summed E-state index contributed by atoms with van der Waals surface area (Å²) in [6, 6.07) is 6.55. The van der Waals surface area contributed by atoms with Crippen LogP contribution in [-0.4, -0.2) is 47.5 Å². The Bertz CT molecular complexity index is 384. The Morgan fingerprint density at radius 2 is 2.24 bits per heavy atom. The predicted molar refractivity (Wildman–Crippen MR) is 61.7 cm³/mol. The van der Waals surface area contributed by atoms with Crippen LogP contribution in [0.2, 0.25) is 0 Å². The van der Waals surface area contributed by atoms with Crippen molar-refractivity contribution in [1.82, 2.24) is 4.90 Å². The highest BCUT2D eigenvalue weighted by Gasteiger charge is 2.09. The van der Waals surface area contributed by atoms with Crippen molar-refractivity contribution in [2.75, 3.05) is 20.3 Å². The molecule has 1 rings (SSSR count). The zero-order chi connectivity index (χ0) is 12.8. The van der Waals surface area contributed by atoms with E-state index in [4.69, 9.17) is 10.2 Å². The lowest BCUT2D eigenvalue weighted by atomic mass is 10.1. The Morgan fingerprint density at radius 1 is 1.53 bits per heavy atom. The number of aliphatic hydroxyl groups is 1. The summed E-state index contributed by atoms with van der Waals surface area (Å²) in [5.41, 5.74) is 1.04. The molecule has 0 heterocycles. The molecule has 0 amide bonds. The van der Waals surface area contributed by atoms with E-state index in [1.807, 2.05) is 0 Å². The third-order valence-electron chi connectivity index (χ3n) is 2.33. The van der Waals surface area contributed by atoms with Gasteiger partial charge >= 0.3 is 5.97 Å². The van der Waals surface area contributed by atoms with E-state index < -0.39 is 18.7 Å². The smallest absolute Gasteiger partial charge is 0.335 e. The largest absolute Gasteiger partial charge is 0.478 e. The van der Waals surface area contributed by atoms with E-state index in [0.717, 1.165) is 5.56 Å². The van der Waals surface area contributed by atoms with Crippen LogP contribution < -0.4 is 0 Å². The molecule has 4 nitrogen and oxygen atoms in total. The second-order valence-corrected chi connectivity index (χ2v) is 4.01. The minimum atomic E-state index is -0.998. The van der Waals surface area contributed by atoms with E-state index in [1.54, 1.807) is 30.1 Å². The van der Waals surface area contributed by atoms with Crippen LogP contribution in [0.5, 0.6) is 0 Å². The highest BCUT2D eigenvalue weighted by molar-refractivity contribution is 5.87. The molecular weight excluding hydrogens is 225 g/mol. The van der Waals surface area contributed by atoms with Crippen molar-refractivity contribution in [3.05, 3.63) is 35.4 Å². The highest BCUT2D eigenvalue weighted by Crippen LogP contribution is 2.08. The van der Waals surface area contributed by atoms with Gasteiger partial charge in [-0.2, -0.15) is 0 Å². The summed E-state index contributed by atoms with van der Waals surface area (Å²) in [7, 11) is 1.74. The van der Waals surface area contributed by atoms with Crippen LogP contribution >= 0.6 is 0 Å². The Hall–Kier alpha value is -1.46. The van der Waals surface area contributed by atoms with E-state index in [0.29, 0.717) is 6.54 Å². The first-order valence-corrected chi connectivity index (χ1v) is 5.27. The van der Waals surface area contributed by atoms with Crippen LogP contribution in [0.4, 0.5) is 4.39 Å². The molecule has 0 aromatic heterocycles. The molecule has 0 aliphatic rings. The molecule has 0 saturated carbocycles. The van der Waals surface area contributed by atoms with Gasteiger partial charge in [0.15, 0.2) is 0 Å². The van der Waals surface area contributed by atoms with Gasteiger partial charge in [-0.25, -0.2) is 9.18 Å². The van der Waals surface area contributed by atoms with Crippen molar-refractivity contribution in [3.63, 3.8) is 0 Å². The van der Waals surface area contributed by atoms with Crippen molar-refractivity contribution in [2.24, 2.45) is 0 Å². The lowest BCUT2D eigenvalue weighted by molar-refractivity contribution is 0.0696. The molecule has 0 bridgehead atoms. The standard InChI is InChI=1S/C12H16FNO3/c1-14(8-11(15)6-13)7-9-3-2-4-10(5-9)12(16)17/h2-5,11,15H,6-8H2,1H3,(H,16,17). The molecule has 5 heteroatoms. The molecule has 0 saturated heterocycles. The van der Waals surface area contributed by atoms with E-state index in [9.17, 15) is 9.18 Å². The summed E-state index contributed by atoms with van der Waals surface area (Å²) in [6.07, 6.45) is -0.998. The Morgan fingerprint density at radius 3 is 2.82 bits per heavy atom. The summed E-state index contributed by atoms with van der Waals surface area (Å²) >= 11 is 0. The maximum absolute atomic E-state index is 12.1. The fraction of sp³-hybridized carbons (Fsp3) is 0.417. The van der Waals surface area contributed by atoms with Gasteiger partial charge in [0.1, 0.15) is 6.67 Å². The number of rotatable bonds is 6. The molecule has 0 radical (unpaired) electrons. The maximum Gasteiger partial charge on any atom is 0.335 e. The number of carbonyl (C=O) groups is 1. The first-order chi connectivity index (χ1) is 8.02. The molecule has 0 spiro atoms. The fourth-order valence-electron chi connectivity index (χ4n) is 1.59. The van der Waals surface area contributed by atoms with Crippen molar-refractivity contribution in [1.29, 1.82) is 0 Å². The van der Waals surface area contributed by atoms with Gasteiger partial charge in [0.05, 0.1) is 11.7 Å². The zero-order valence-corrected chi connectivity index (χ0v) is 9.64. The molecule has 1 unspecified atom stereocenters. The number of carboxylic acids is 1. The van der Waals surface area contributed by atoms with E-state index in [1.165, 1.54) is 6.07 Å². The van der Waals surface area contributed by atoms with Gasteiger partial charge in [-0.15, -0.1) is 0 Å². The van der Waals surface area contributed by atoms with Gasteiger partial charge < -0.3 is 10.2 Å². The van der Waals surface area contributed by atoms with Crippen molar-refractivity contribution < 1.29 is 19.4 Å². The lowest BCUT2D eigenvalue weighted by Gasteiger charge is -2.19. The number of aliphatic hydroxyl groups excluding tert-OH is 1. The molecule has 1 aromatic rings. The number of hydrogen-bond acceptors (Lipinski definition) is 3. The van der Waals surface area contributed by atoms with Crippen LogP contribution in [0.25, 0.3) is 0 Å². The molecule has 0 aliphatic carbocycles. The number of nitrogens with zero attached hydrogens (tertiary/aromatic N) is 1. The van der Waals surface area contributed by atoms with Crippen LogP contribution in [0.3, 0.4) is 0 Å². The highest BCUT2D eigenvalue weighted by atomic mass is 19.1. The van der Waals surface area contributed by atoms with Crippen molar-refractivity contribution in [2.45, 2.75) is 12.6 Å². The Labute approximate surface area is 99.3 Å². The minimum Gasteiger partial charge on any atom is -0.478 e. The van der Waals surface area contributed by atoms with E-state index in [2.05, 4.69) is 0 Å². The first-order valence-electron chi connectivity index (χ1n) is 5.27. The minimum absolute atomic E-state index is 0.216. The summed E-state index contributed by atoms with van der Waals surface area (Å²) in [6.45, 7) is -0.0918. The number of benzene rings is 1. The van der Waals surface area contributed by atoms with Gasteiger partial charge in [0, 0.05) is 13.1 Å². The second kappa shape index (κ2) is 6.32. The van der Waals surface area contributed by atoms with Gasteiger partial charge in [-0.1, -0.05) is 12.1 Å². The third-order valence-corrected chi connectivity index (χ3v) is 2.33. The molecule has 0 aliphatic heterocycles. The molecule has 2 N–H and O–H groups in total. The Balaban J connectivity index is 2.62. The number of carboxylic acid groups (broad SMARTS) is 1. The molecule has 17 heavy (non-hydrogen) atoms. The molecule has 1 atom stereocenters. The van der Waals surface area contributed by atoms with Crippen LogP contribution in [0, 0.1) is 0 Å². The summed E-state index contributed by atoms with van der Waals surface area (Å²) in [4.78, 5) is 12.5. The molecular formula is C12H16FNO3. The summed E-state index contributed by atoms with van der Waals surface area (Å²) in [5, 5.41) is 18.0. The number of aromatic carboxylic acids is 1. The summed E-state index contributed by atoms with van der Waals surface area (Å²) < 4.78 is 12.1. The third kappa shape index (κ3) is 4.50. The van der Waals surface area contributed by atoms with Crippen molar-refractivity contribution in [3.8, 4) is 0 Å². The maximum atomic E-state index is 12.1. The average Bonchev–Trinajstić information content (AvgIpc) is 2.28. The van der Waals surface area contributed by atoms with Gasteiger partial charge in [0.2, 0.25) is 0 Å². The number of hydrogen-bond donors (Lipinski definition) is 2. The molecule has 0 fully saturated rings. The monoisotopic (exact) mass is 241 g/mol. The first kappa shape index (κ1) is 13.6. The van der Waals surface area contributed by atoms with Crippen LogP contribution in [0.15, 0.2) is 24.3 Å². The normalized spacial score (nSPS) is 12.7. The van der Waals surface area contributed by atoms with Crippen LogP contribution in [-0.2, 0) is 6.54 Å². The van der Waals surface area contributed by atoms with Gasteiger partial charge in [0.25, 0.3) is 0 Å². The number of alkyl halides is 1. The SMILES string of the molecule is CN(Cc1cccc(C(=O)O)c1)CC(O)CF. The Kier molecular flexibility index (Phi) is 5.06.